The number of aryl methyl sites for hydroxylation is 1. The summed E-state index contributed by atoms with van der Waals surface area (Å²) in [5.41, 5.74) is 2.22. The second-order valence-corrected chi connectivity index (χ2v) is 5.92. The first-order valence-electron chi connectivity index (χ1n) is 7.87. The summed E-state index contributed by atoms with van der Waals surface area (Å²) < 4.78 is 19.6. The van der Waals surface area contributed by atoms with Crippen LogP contribution in [0, 0.1) is 12.7 Å². The summed E-state index contributed by atoms with van der Waals surface area (Å²) in [6.45, 7) is 8.07. The second-order valence-electron chi connectivity index (χ2n) is 5.92. The number of benzene rings is 1. The van der Waals surface area contributed by atoms with Crippen LogP contribution in [0.25, 0.3) is 0 Å². The summed E-state index contributed by atoms with van der Waals surface area (Å²) in [6, 6.07) is 3.31. The first-order chi connectivity index (χ1) is 10.0. The van der Waals surface area contributed by atoms with Crippen molar-refractivity contribution in [2.75, 3.05) is 24.6 Å². The minimum absolute atomic E-state index is 0.228. The number of ether oxygens (including phenoxy) is 1. The van der Waals surface area contributed by atoms with E-state index in [4.69, 9.17) is 4.74 Å². The van der Waals surface area contributed by atoms with E-state index < -0.39 is 6.10 Å². The number of halogens is 1. The Labute approximate surface area is 126 Å². The van der Waals surface area contributed by atoms with Crippen LogP contribution in [0.2, 0.25) is 0 Å². The van der Waals surface area contributed by atoms with Crippen molar-refractivity contribution < 1.29 is 14.2 Å². The van der Waals surface area contributed by atoms with Crippen LogP contribution in [0.15, 0.2) is 12.1 Å². The van der Waals surface area contributed by atoms with E-state index in [0.29, 0.717) is 11.1 Å². The molecule has 1 aromatic rings. The molecule has 3 nitrogen and oxygen atoms in total. The molecule has 2 rings (SSSR count). The Kier molecular flexibility index (Phi) is 5.59. The van der Waals surface area contributed by atoms with E-state index >= 15 is 0 Å². The molecule has 1 aromatic carbocycles. The molecule has 1 saturated heterocycles. The van der Waals surface area contributed by atoms with Crippen LogP contribution in [-0.2, 0) is 4.74 Å². The van der Waals surface area contributed by atoms with Crippen molar-refractivity contribution in [3.63, 3.8) is 0 Å². The van der Waals surface area contributed by atoms with Gasteiger partial charge in [-0.2, -0.15) is 0 Å². The molecule has 2 atom stereocenters. The highest BCUT2D eigenvalue weighted by molar-refractivity contribution is 5.57. The molecule has 1 aliphatic heterocycles. The number of hydrogen-bond acceptors (Lipinski definition) is 3. The monoisotopic (exact) mass is 295 g/mol. The van der Waals surface area contributed by atoms with Crippen LogP contribution in [0.4, 0.5) is 10.1 Å². The van der Waals surface area contributed by atoms with Crippen molar-refractivity contribution in [1.82, 2.24) is 0 Å². The van der Waals surface area contributed by atoms with Gasteiger partial charge in [-0.15, -0.1) is 0 Å². The van der Waals surface area contributed by atoms with Gasteiger partial charge in [-0.05, 0) is 50.8 Å². The minimum atomic E-state index is -0.674. The van der Waals surface area contributed by atoms with Gasteiger partial charge in [-0.3, -0.25) is 0 Å². The summed E-state index contributed by atoms with van der Waals surface area (Å²) in [6.07, 6.45) is 2.70. The lowest BCUT2D eigenvalue weighted by molar-refractivity contribution is 0.0439. The molecule has 1 fully saturated rings. The molecule has 1 unspecified atom stereocenters. The maximum absolute atomic E-state index is 13.8. The molecule has 0 radical (unpaired) electrons. The lowest BCUT2D eigenvalue weighted by atomic mass is 10.0. The summed E-state index contributed by atoms with van der Waals surface area (Å²) in [5.74, 6) is -0.259. The first-order valence-corrected chi connectivity index (χ1v) is 7.87. The zero-order chi connectivity index (χ0) is 15.4. The third kappa shape index (κ3) is 3.95. The van der Waals surface area contributed by atoms with Crippen LogP contribution in [0.5, 0.6) is 0 Å². The fourth-order valence-electron chi connectivity index (χ4n) is 2.87. The average Bonchev–Trinajstić information content (AvgIpc) is 2.47. The molecule has 1 aliphatic rings. The Morgan fingerprint density at radius 2 is 2.24 bits per heavy atom. The highest BCUT2D eigenvalue weighted by Crippen LogP contribution is 2.31. The first kappa shape index (κ1) is 16.2. The number of rotatable bonds is 5. The quantitative estimate of drug-likeness (QED) is 0.901. The van der Waals surface area contributed by atoms with E-state index in [1.165, 1.54) is 6.07 Å². The van der Waals surface area contributed by atoms with Crippen LogP contribution >= 0.6 is 0 Å². The molecular formula is C17H26FNO2. The zero-order valence-corrected chi connectivity index (χ0v) is 13.2. The highest BCUT2D eigenvalue weighted by atomic mass is 19.1. The van der Waals surface area contributed by atoms with Gasteiger partial charge in [0.15, 0.2) is 0 Å². The average molecular weight is 295 g/mol. The van der Waals surface area contributed by atoms with E-state index in [1.54, 1.807) is 13.8 Å². The molecule has 0 spiro atoms. The Morgan fingerprint density at radius 3 is 2.90 bits per heavy atom. The summed E-state index contributed by atoms with van der Waals surface area (Å²) in [4.78, 5) is 2.22. The Bertz CT molecular complexity index is 476. The molecule has 0 saturated carbocycles. The van der Waals surface area contributed by atoms with E-state index in [1.807, 2.05) is 6.07 Å². The van der Waals surface area contributed by atoms with Crippen LogP contribution < -0.4 is 4.90 Å². The maximum atomic E-state index is 13.8. The number of aliphatic hydroxyl groups excluding tert-OH is 1. The third-order valence-corrected chi connectivity index (χ3v) is 4.03. The summed E-state index contributed by atoms with van der Waals surface area (Å²) in [5, 5.41) is 9.93. The van der Waals surface area contributed by atoms with Gasteiger partial charge in [-0.25, -0.2) is 4.39 Å². The summed E-state index contributed by atoms with van der Waals surface area (Å²) >= 11 is 0. The van der Waals surface area contributed by atoms with Gasteiger partial charge in [0.05, 0.1) is 12.2 Å². The fourth-order valence-corrected chi connectivity index (χ4v) is 2.87. The lowest BCUT2D eigenvalue weighted by Crippen LogP contribution is -2.40. The van der Waals surface area contributed by atoms with Crippen molar-refractivity contribution in [3.8, 4) is 0 Å². The standard InChI is InChI=1S/C17H26FNO2/c1-4-8-21-14-6-5-7-19(11-14)17-9-12(2)16(18)10-15(17)13(3)20/h9-10,13-14,20H,4-8,11H2,1-3H3/t13-,14?/m1/s1. The molecule has 4 heteroatoms. The van der Waals surface area contributed by atoms with E-state index in [0.717, 1.165) is 44.6 Å². The van der Waals surface area contributed by atoms with Gasteiger partial charge in [-0.1, -0.05) is 6.92 Å². The number of piperidine rings is 1. The molecule has 0 aliphatic carbocycles. The lowest BCUT2D eigenvalue weighted by Gasteiger charge is -2.36. The Balaban J connectivity index is 2.21. The topological polar surface area (TPSA) is 32.7 Å². The van der Waals surface area contributed by atoms with Gasteiger partial charge >= 0.3 is 0 Å². The van der Waals surface area contributed by atoms with Crippen LogP contribution in [0.1, 0.15) is 50.3 Å². The van der Waals surface area contributed by atoms with Gasteiger partial charge in [0.2, 0.25) is 0 Å². The number of aliphatic hydroxyl groups is 1. The molecule has 0 bridgehead atoms. The fraction of sp³-hybridized carbons (Fsp3) is 0.647. The predicted octanol–water partition coefficient (Wildman–Crippen LogP) is 3.58. The second kappa shape index (κ2) is 7.23. The largest absolute Gasteiger partial charge is 0.389 e. The Morgan fingerprint density at radius 1 is 1.48 bits per heavy atom. The van der Waals surface area contributed by atoms with E-state index in [9.17, 15) is 9.50 Å². The molecule has 21 heavy (non-hydrogen) atoms. The molecular weight excluding hydrogens is 269 g/mol. The number of hydrogen-bond donors (Lipinski definition) is 1. The molecule has 0 amide bonds. The van der Waals surface area contributed by atoms with Crippen molar-refractivity contribution >= 4 is 5.69 Å². The molecule has 0 aromatic heterocycles. The number of nitrogens with zero attached hydrogens (tertiary/aromatic N) is 1. The SMILES string of the molecule is CCCOC1CCCN(c2cc(C)c(F)cc2[C@@H](C)O)C1. The van der Waals surface area contributed by atoms with E-state index in [2.05, 4.69) is 11.8 Å². The van der Waals surface area contributed by atoms with Crippen LogP contribution in [-0.4, -0.2) is 30.9 Å². The highest BCUT2D eigenvalue weighted by Gasteiger charge is 2.24. The normalized spacial score (nSPS) is 20.6. The van der Waals surface area contributed by atoms with Crippen molar-refractivity contribution in [2.24, 2.45) is 0 Å². The molecule has 1 heterocycles. The van der Waals surface area contributed by atoms with Gasteiger partial charge in [0, 0.05) is 30.9 Å². The van der Waals surface area contributed by atoms with Gasteiger partial charge in [0.25, 0.3) is 0 Å². The summed E-state index contributed by atoms with van der Waals surface area (Å²) in [7, 11) is 0. The van der Waals surface area contributed by atoms with Gasteiger partial charge < -0.3 is 14.7 Å². The minimum Gasteiger partial charge on any atom is -0.389 e. The maximum Gasteiger partial charge on any atom is 0.126 e. The van der Waals surface area contributed by atoms with Crippen molar-refractivity contribution in [1.29, 1.82) is 0 Å². The van der Waals surface area contributed by atoms with Crippen LogP contribution in [0.3, 0.4) is 0 Å². The van der Waals surface area contributed by atoms with Crippen molar-refractivity contribution in [3.05, 3.63) is 29.1 Å². The van der Waals surface area contributed by atoms with E-state index in [-0.39, 0.29) is 11.9 Å². The number of anilines is 1. The predicted molar refractivity (Wildman–Crippen MR) is 83.2 cm³/mol. The zero-order valence-electron chi connectivity index (χ0n) is 13.2. The molecule has 118 valence electrons. The third-order valence-electron chi connectivity index (χ3n) is 4.03. The van der Waals surface area contributed by atoms with Crippen molar-refractivity contribution in [2.45, 2.75) is 52.2 Å². The van der Waals surface area contributed by atoms with Gasteiger partial charge in [0.1, 0.15) is 5.82 Å². The Hall–Kier alpha value is -1.13. The molecule has 1 N–H and O–H groups in total. The smallest absolute Gasteiger partial charge is 0.126 e.